The molecule has 156 valence electrons. The molecule has 2 aromatic rings. The first-order valence-electron chi connectivity index (χ1n) is 9.24. The molecule has 8 heteroatoms. The van der Waals surface area contributed by atoms with Crippen LogP contribution in [0.4, 0.5) is 4.79 Å². The molecule has 1 aliphatic heterocycles. The van der Waals surface area contributed by atoms with Gasteiger partial charge >= 0.3 is 5.97 Å². The molecule has 1 saturated heterocycles. The zero-order valence-electron chi connectivity index (χ0n) is 16.5. The van der Waals surface area contributed by atoms with Gasteiger partial charge in [0.05, 0.1) is 11.0 Å². The quantitative estimate of drug-likeness (QED) is 0.286. The van der Waals surface area contributed by atoms with Gasteiger partial charge in [-0.05, 0) is 89.7 Å². The first-order chi connectivity index (χ1) is 14.3. The highest BCUT2D eigenvalue weighted by molar-refractivity contribution is 14.1. The summed E-state index contributed by atoms with van der Waals surface area (Å²) >= 11 is 3.06. The van der Waals surface area contributed by atoms with Crippen molar-refractivity contribution in [2.45, 2.75) is 26.6 Å². The molecular weight excluding hydrogens is 517 g/mol. The van der Waals surface area contributed by atoms with Crippen molar-refractivity contribution in [3.05, 3.63) is 68.1 Å². The van der Waals surface area contributed by atoms with Crippen LogP contribution in [-0.2, 0) is 20.9 Å². The van der Waals surface area contributed by atoms with E-state index in [1.54, 1.807) is 19.9 Å². The molecule has 0 saturated carbocycles. The highest BCUT2D eigenvalue weighted by Crippen LogP contribution is 2.32. The van der Waals surface area contributed by atoms with E-state index >= 15 is 0 Å². The van der Waals surface area contributed by atoms with Gasteiger partial charge in [-0.15, -0.1) is 0 Å². The van der Waals surface area contributed by atoms with E-state index in [9.17, 15) is 14.4 Å². The van der Waals surface area contributed by atoms with E-state index in [1.165, 1.54) is 3.57 Å². The SMILES string of the molecule is CC(C)OC(=O)CN1C(=O)S/C(=C/c2ccc(OCc3ccc(I)cc3)cc2)C1=O. The summed E-state index contributed by atoms with van der Waals surface area (Å²) in [5.74, 6) is -0.400. The van der Waals surface area contributed by atoms with Crippen molar-refractivity contribution >= 4 is 57.5 Å². The van der Waals surface area contributed by atoms with Crippen LogP contribution in [-0.4, -0.2) is 34.7 Å². The van der Waals surface area contributed by atoms with Crippen molar-refractivity contribution in [3.8, 4) is 5.75 Å². The molecule has 1 heterocycles. The predicted molar refractivity (Wildman–Crippen MR) is 124 cm³/mol. The lowest BCUT2D eigenvalue weighted by Crippen LogP contribution is -2.35. The monoisotopic (exact) mass is 537 g/mol. The third-order valence-corrected chi connectivity index (χ3v) is 5.65. The Balaban J connectivity index is 1.61. The van der Waals surface area contributed by atoms with Crippen LogP contribution in [0.1, 0.15) is 25.0 Å². The third kappa shape index (κ3) is 6.09. The van der Waals surface area contributed by atoms with Crippen molar-refractivity contribution < 1.29 is 23.9 Å². The Hall–Kier alpha value is -2.33. The maximum absolute atomic E-state index is 12.5. The molecule has 0 aliphatic carbocycles. The first-order valence-corrected chi connectivity index (χ1v) is 11.1. The van der Waals surface area contributed by atoms with Gasteiger partial charge in [-0.1, -0.05) is 24.3 Å². The average molecular weight is 537 g/mol. The average Bonchev–Trinajstić information content (AvgIpc) is 2.95. The molecule has 3 rings (SSSR count). The van der Waals surface area contributed by atoms with Crippen molar-refractivity contribution in [1.29, 1.82) is 0 Å². The molecule has 0 aromatic heterocycles. The molecule has 0 N–H and O–H groups in total. The summed E-state index contributed by atoms with van der Waals surface area (Å²) in [6, 6.07) is 15.3. The number of rotatable bonds is 7. The number of benzene rings is 2. The lowest BCUT2D eigenvalue weighted by molar-refractivity contribution is -0.149. The summed E-state index contributed by atoms with van der Waals surface area (Å²) in [6.07, 6.45) is 1.32. The highest BCUT2D eigenvalue weighted by atomic mass is 127. The maximum Gasteiger partial charge on any atom is 0.326 e. The van der Waals surface area contributed by atoms with Crippen LogP contribution in [0.25, 0.3) is 6.08 Å². The van der Waals surface area contributed by atoms with Gasteiger partial charge in [-0.2, -0.15) is 0 Å². The topological polar surface area (TPSA) is 72.9 Å². The molecule has 0 radical (unpaired) electrons. The minimum atomic E-state index is -0.608. The van der Waals surface area contributed by atoms with E-state index in [1.807, 2.05) is 48.5 Å². The van der Waals surface area contributed by atoms with E-state index in [0.717, 1.165) is 27.8 Å². The molecule has 6 nitrogen and oxygen atoms in total. The highest BCUT2D eigenvalue weighted by Gasteiger charge is 2.36. The summed E-state index contributed by atoms with van der Waals surface area (Å²) in [7, 11) is 0. The normalized spacial score (nSPS) is 15.2. The summed E-state index contributed by atoms with van der Waals surface area (Å²) in [4.78, 5) is 37.5. The molecule has 2 amide bonds. The Morgan fingerprint density at radius 2 is 1.77 bits per heavy atom. The van der Waals surface area contributed by atoms with Gasteiger partial charge in [0.2, 0.25) is 0 Å². The number of hydrogen-bond donors (Lipinski definition) is 0. The van der Waals surface area contributed by atoms with Gasteiger partial charge in [0.25, 0.3) is 11.1 Å². The lowest BCUT2D eigenvalue weighted by atomic mass is 10.2. The number of imide groups is 1. The molecule has 30 heavy (non-hydrogen) atoms. The van der Waals surface area contributed by atoms with Gasteiger partial charge in [-0.3, -0.25) is 19.3 Å². The van der Waals surface area contributed by atoms with Crippen LogP contribution < -0.4 is 4.74 Å². The predicted octanol–water partition coefficient (Wildman–Crippen LogP) is 4.86. The van der Waals surface area contributed by atoms with E-state index in [-0.39, 0.29) is 17.6 Å². The van der Waals surface area contributed by atoms with Crippen molar-refractivity contribution in [3.63, 3.8) is 0 Å². The zero-order valence-corrected chi connectivity index (χ0v) is 19.4. The van der Waals surface area contributed by atoms with Crippen LogP contribution in [0, 0.1) is 3.57 Å². The molecule has 1 fully saturated rings. The summed E-state index contributed by atoms with van der Waals surface area (Å²) < 4.78 is 12.0. The summed E-state index contributed by atoms with van der Waals surface area (Å²) in [5.41, 5.74) is 1.83. The maximum atomic E-state index is 12.5. The Labute approximate surface area is 192 Å². The summed E-state index contributed by atoms with van der Waals surface area (Å²) in [6.45, 7) is 3.49. The zero-order chi connectivity index (χ0) is 21.7. The van der Waals surface area contributed by atoms with Gasteiger partial charge in [0, 0.05) is 3.57 Å². The number of thioether (sulfide) groups is 1. The van der Waals surface area contributed by atoms with E-state index in [2.05, 4.69) is 22.6 Å². The van der Waals surface area contributed by atoms with Crippen molar-refractivity contribution in [1.82, 2.24) is 4.90 Å². The third-order valence-electron chi connectivity index (χ3n) is 4.02. The second-order valence-electron chi connectivity index (χ2n) is 6.79. The van der Waals surface area contributed by atoms with E-state index in [0.29, 0.717) is 12.4 Å². The minimum absolute atomic E-state index is 0.268. The number of halogens is 1. The molecule has 0 atom stereocenters. The molecule has 0 unspecified atom stereocenters. The lowest BCUT2D eigenvalue weighted by Gasteiger charge is -2.13. The molecule has 2 aromatic carbocycles. The molecule has 0 bridgehead atoms. The first kappa shape index (κ1) is 22.4. The Bertz CT molecular complexity index is 970. The van der Waals surface area contributed by atoms with Crippen LogP contribution in [0.3, 0.4) is 0 Å². The number of esters is 1. The second kappa shape index (κ2) is 10.1. The van der Waals surface area contributed by atoms with E-state index in [4.69, 9.17) is 9.47 Å². The van der Waals surface area contributed by atoms with Crippen LogP contribution >= 0.6 is 34.4 Å². The van der Waals surface area contributed by atoms with Crippen molar-refractivity contribution in [2.24, 2.45) is 0 Å². The Morgan fingerprint density at radius 3 is 2.40 bits per heavy atom. The Morgan fingerprint density at radius 1 is 1.10 bits per heavy atom. The van der Waals surface area contributed by atoms with Gasteiger partial charge < -0.3 is 9.47 Å². The molecule has 1 aliphatic rings. The fraction of sp³-hybridized carbons (Fsp3) is 0.227. The van der Waals surface area contributed by atoms with Crippen LogP contribution in [0.15, 0.2) is 53.4 Å². The van der Waals surface area contributed by atoms with Gasteiger partial charge in [0.15, 0.2) is 0 Å². The van der Waals surface area contributed by atoms with Crippen molar-refractivity contribution in [2.75, 3.05) is 6.54 Å². The minimum Gasteiger partial charge on any atom is -0.489 e. The van der Waals surface area contributed by atoms with E-state index < -0.39 is 17.1 Å². The number of carbonyl (C=O) groups excluding carboxylic acids is 3. The summed E-state index contributed by atoms with van der Waals surface area (Å²) in [5, 5.41) is -0.482. The number of amides is 2. The number of hydrogen-bond acceptors (Lipinski definition) is 6. The molecule has 0 spiro atoms. The number of carbonyl (C=O) groups is 3. The smallest absolute Gasteiger partial charge is 0.326 e. The van der Waals surface area contributed by atoms with Crippen LogP contribution in [0.2, 0.25) is 0 Å². The largest absolute Gasteiger partial charge is 0.489 e. The van der Waals surface area contributed by atoms with Gasteiger partial charge in [-0.25, -0.2) is 0 Å². The fourth-order valence-corrected chi connectivity index (χ4v) is 3.82. The standard InChI is InChI=1S/C22H20INO5S/c1-14(2)29-20(25)12-24-21(26)19(30-22(24)27)11-15-5-9-18(10-6-15)28-13-16-3-7-17(23)8-4-16/h3-11,14H,12-13H2,1-2H3/b19-11+. The van der Waals surface area contributed by atoms with Crippen LogP contribution in [0.5, 0.6) is 5.75 Å². The second-order valence-corrected chi connectivity index (χ2v) is 9.03. The fourth-order valence-electron chi connectivity index (χ4n) is 2.62. The molecular formula is C22H20INO5S. The van der Waals surface area contributed by atoms with Gasteiger partial charge in [0.1, 0.15) is 18.9 Å². The number of nitrogens with zero attached hydrogens (tertiary/aromatic N) is 1. The number of ether oxygens (including phenoxy) is 2. The Kier molecular flexibility index (Phi) is 7.54.